The molecule has 0 bridgehead atoms. The first-order chi connectivity index (χ1) is 44.1. The van der Waals surface area contributed by atoms with Gasteiger partial charge in [0.15, 0.2) is 0 Å². The van der Waals surface area contributed by atoms with Crippen LogP contribution in [0.2, 0.25) is 0 Å². The number of hydrogen-bond donors (Lipinski definition) is 0. The summed E-state index contributed by atoms with van der Waals surface area (Å²) in [7, 11) is -9.25. The maximum absolute atomic E-state index is 7.40. The maximum Gasteiger partial charge on any atom is 0.453 e. The molecule has 10 aromatic carbocycles. The molecule has 4 heterocycles. The second-order valence-electron chi connectivity index (χ2n) is 24.9. The summed E-state index contributed by atoms with van der Waals surface area (Å²) in [5.74, 6) is 1.13. The molecule has 0 aliphatic carbocycles. The van der Waals surface area contributed by atoms with Crippen LogP contribution in [0.3, 0.4) is 0 Å². The van der Waals surface area contributed by atoms with Gasteiger partial charge in [-0.1, -0.05) is 60.7 Å². The van der Waals surface area contributed by atoms with Gasteiger partial charge in [-0.25, -0.2) is 0 Å². The van der Waals surface area contributed by atoms with Crippen LogP contribution in [0.15, 0.2) is 167 Å². The molecule has 14 rings (SSSR count). The van der Waals surface area contributed by atoms with Crippen molar-refractivity contribution in [3.05, 3.63) is 222 Å². The molecule has 0 saturated heterocycles. The molecular formula is C76H70O12P4. The third-order valence-electron chi connectivity index (χ3n) is 16.8. The van der Waals surface area contributed by atoms with Gasteiger partial charge in [-0.2, -0.15) is 0 Å². The van der Waals surface area contributed by atoms with E-state index in [-0.39, 0.29) is 23.0 Å². The molecule has 12 nitrogen and oxygen atoms in total. The Balaban J connectivity index is 1.10. The van der Waals surface area contributed by atoms with E-state index in [0.29, 0.717) is 55.8 Å². The van der Waals surface area contributed by atoms with Crippen molar-refractivity contribution in [2.75, 3.05) is 0 Å². The zero-order valence-electron chi connectivity index (χ0n) is 54.4. The maximum atomic E-state index is 7.40. The van der Waals surface area contributed by atoms with Crippen molar-refractivity contribution in [1.29, 1.82) is 0 Å². The van der Waals surface area contributed by atoms with E-state index in [4.69, 9.17) is 51.7 Å². The van der Waals surface area contributed by atoms with Crippen molar-refractivity contribution in [2.45, 2.75) is 111 Å². The molecule has 466 valence electrons. The Hall–Kier alpha value is -9.00. The van der Waals surface area contributed by atoms with E-state index < -0.39 is 33.0 Å². The summed E-state index contributed by atoms with van der Waals surface area (Å²) in [6.45, 7) is 33.1. The lowest BCUT2D eigenvalue weighted by atomic mass is 10.0. The predicted molar refractivity (Wildman–Crippen MR) is 377 cm³/mol. The van der Waals surface area contributed by atoms with Gasteiger partial charge < -0.3 is 51.7 Å². The number of fused-ring (bicyclic) bond motifs is 12. The van der Waals surface area contributed by atoms with Gasteiger partial charge >= 0.3 is 33.0 Å². The number of benzene rings is 10. The Morgan fingerprint density at radius 3 is 0.489 bits per heavy atom. The minimum absolute atomic E-state index is 0.283. The van der Waals surface area contributed by atoms with Crippen LogP contribution in [-0.2, 0) is 0 Å². The summed E-state index contributed by atoms with van der Waals surface area (Å²) >= 11 is 0. The van der Waals surface area contributed by atoms with E-state index in [2.05, 4.69) is 152 Å². The zero-order chi connectivity index (χ0) is 64.3. The second-order valence-corrected chi connectivity index (χ2v) is 28.9. The summed E-state index contributed by atoms with van der Waals surface area (Å²) in [4.78, 5) is 0. The SMILES string of the molecule is Cc1cc(C)c2op(Oc3cccc(Op4oc5c(C)cc(C)cc5c5cc(C)cc(C)c5o4)c3-c3c(Op4oc5c(C)cc(C)cc5c5cc(C)cc(C)c5o4)cccc3Op3oc4c(C)cc(C)cc4c4cc(C)cc(C)c4o3)oc3c(C)cc(C)cc3c2c1. The average molecular weight is 1300 g/mol. The molecule has 0 radical (unpaired) electrons. The minimum atomic E-state index is -2.31. The lowest BCUT2D eigenvalue weighted by molar-refractivity contribution is 0.476. The van der Waals surface area contributed by atoms with Gasteiger partial charge in [-0.05, 0) is 273 Å². The highest BCUT2D eigenvalue weighted by Gasteiger charge is 2.29. The van der Waals surface area contributed by atoms with Crippen LogP contribution in [0.1, 0.15) is 89.0 Å². The number of rotatable bonds is 9. The van der Waals surface area contributed by atoms with Crippen molar-refractivity contribution >= 4 is 121 Å². The van der Waals surface area contributed by atoms with Gasteiger partial charge in [0.2, 0.25) is 0 Å². The highest BCUT2D eigenvalue weighted by atomic mass is 31.1. The summed E-state index contributed by atoms with van der Waals surface area (Å²) in [6, 6.07) is 45.2. The molecule has 16 heteroatoms. The topological polar surface area (TPSA) is 142 Å². The summed E-state index contributed by atoms with van der Waals surface area (Å²) in [5, 5.41) is 7.23. The first kappa shape index (κ1) is 60.6. The Morgan fingerprint density at radius 1 is 0.207 bits per heavy atom. The van der Waals surface area contributed by atoms with Crippen molar-refractivity contribution in [2.24, 2.45) is 0 Å². The standard InChI is InChI=1S/C76H70O12P4/c1-39-23-47(9)69-55(31-39)56-32-40(2)24-48(10)70(56)82-89(81-69)77-63-19-17-20-64(78-90-83-71-49(11)25-41(3)33-57(71)58-34-42(4)26-50(12)72(58)84-90)67(63)68-65(79-91-85-73-51(13)27-43(5)35-59(73)60-36-44(6)28-52(14)74(60)86-91)21-18-22-66(68)80-92-87-75-53(15)29-45(7)37-61(75)62-38-46(8)30-54(16)76(62)88-92/h17-38H,1-16H3. The van der Waals surface area contributed by atoms with Gasteiger partial charge in [0, 0.05) is 43.1 Å². The molecule has 0 atom stereocenters. The predicted octanol–water partition coefficient (Wildman–Crippen LogP) is 26.1. The van der Waals surface area contributed by atoms with E-state index in [1.165, 1.54) is 0 Å². The third kappa shape index (κ3) is 11.2. The highest BCUT2D eigenvalue weighted by Crippen LogP contribution is 2.56. The van der Waals surface area contributed by atoms with Crippen LogP contribution in [-0.4, -0.2) is 0 Å². The zero-order valence-corrected chi connectivity index (χ0v) is 58.0. The first-order valence-corrected chi connectivity index (χ1v) is 35.0. The monoisotopic (exact) mass is 1300 g/mol. The highest BCUT2D eigenvalue weighted by molar-refractivity contribution is 7.33. The Kier molecular flexibility index (Phi) is 15.5. The molecule has 14 aromatic rings. The van der Waals surface area contributed by atoms with Crippen molar-refractivity contribution < 1.29 is 51.7 Å². The fourth-order valence-electron chi connectivity index (χ4n) is 13.2. The van der Waals surface area contributed by atoms with Crippen LogP contribution >= 0.6 is 33.0 Å². The van der Waals surface area contributed by atoms with Gasteiger partial charge in [-0.3, -0.25) is 0 Å². The lowest BCUT2D eigenvalue weighted by Gasteiger charge is -2.18. The van der Waals surface area contributed by atoms with Gasteiger partial charge in [-0.15, -0.1) is 0 Å². The molecule has 0 unspecified atom stereocenters. The largest absolute Gasteiger partial charge is 0.453 e. The molecule has 4 aromatic heterocycles. The van der Waals surface area contributed by atoms with Crippen molar-refractivity contribution in [3.8, 4) is 34.1 Å². The summed E-state index contributed by atoms with van der Waals surface area (Å²) in [5.41, 5.74) is 22.0. The van der Waals surface area contributed by atoms with Crippen LogP contribution in [0.25, 0.3) is 98.9 Å². The number of aryl methyl sites for hydroxylation is 16. The number of hydrogen-bond acceptors (Lipinski definition) is 12. The van der Waals surface area contributed by atoms with Gasteiger partial charge in [0.1, 0.15) is 67.7 Å². The smallest absolute Gasteiger partial charge is 0.390 e. The van der Waals surface area contributed by atoms with Crippen molar-refractivity contribution in [3.63, 3.8) is 0 Å². The van der Waals surface area contributed by atoms with Gasteiger partial charge in [0.25, 0.3) is 0 Å². The summed E-state index contributed by atoms with van der Waals surface area (Å²) < 4.78 is 86.3. The normalized spacial score (nSPS) is 11.7. The summed E-state index contributed by atoms with van der Waals surface area (Å²) in [6.07, 6.45) is 0. The fourth-order valence-corrected chi connectivity index (χ4v) is 18.0. The minimum Gasteiger partial charge on any atom is -0.390 e. The molecule has 0 aliphatic rings. The van der Waals surface area contributed by atoms with E-state index in [0.717, 1.165) is 132 Å². The molecule has 0 fully saturated rings. The Morgan fingerprint density at radius 2 is 0.348 bits per heavy atom. The van der Waals surface area contributed by atoms with E-state index in [1.807, 2.05) is 91.8 Å². The average Bonchev–Trinajstić information content (AvgIpc) is 1.39. The Bertz CT molecular complexity index is 4670. The van der Waals surface area contributed by atoms with Crippen LogP contribution in [0.5, 0.6) is 23.0 Å². The fraction of sp³-hybridized carbons (Fsp3) is 0.211. The van der Waals surface area contributed by atoms with Crippen molar-refractivity contribution in [1.82, 2.24) is 0 Å². The molecule has 0 aliphatic heterocycles. The first-order valence-electron chi connectivity index (χ1n) is 30.6. The van der Waals surface area contributed by atoms with E-state index in [9.17, 15) is 0 Å². The molecular weight excluding hydrogens is 1230 g/mol. The molecule has 0 saturated carbocycles. The lowest BCUT2D eigenvalue weighted by Crippen LogP contribution is -1.95. The third-order valence-corrected chi connectivity index (χ3v) is 20.8. The van der Waals surface area contributed by atoms with Crippen LogP contribution in [0.4, 0.5) is 0 Å². The molecule has 0 amide bonds. The molecule has 0 N–H and O–H groups in total. The van der Waals surface area contributed by atoms with E-state index in [1.54, 1.807) is 0 Å². The molecule has 0 spiro atoms. The quantitative estimate of drug-likeness (QED) is 0.136. The second kappa shape index (κ2) is 23.6. The van der Waals surface area contributed by atoms with Crippen LogP contribution < -0.4 is 18.1 Å². The van der Waals surface area contributed by atoms with E-state index >= 15 is 0 Å². The van der Waals surface area contributed by atoms with Gasteiger partial charge in [0.05, 0.1) is 11.1 Å². The molecule has 92 heavy (non-hydrogen) atoms. The Labute approximate surface area is 536 Å². The van der Waals surface area contributed by atoms with Crippen LogP contribution in [0, 0.1) is 111 Å².